The predicted molar refractivity (Wildman–Crippen MR) is 120 cm³/mol. The summed E-state index contributed by atoms with van der Waals surface area (Å²) in [6.45, 7) is 6.41. The number of aryl methyl sites for hydroxylation is 1. The molecule has 1 atom stereocenters. The van der Waals surface area contributed by atoms with Crippen molar-refractivity contribution in [1.82, 2.24) is 14.8 Å². The second-order valence-electron chi connectivity index (χ2n) is 7.52. The third kappa shape index (κ3) is 5.97. The Bertz CT molecular complexity index is 1030. The van der Waals surface area contributed by atoms with Gasteiger partial charge in [0.15, 0.2) is 5.16 Å². The number of thioether (sulfide) groups is 1. The molecule has 8 nitrogen and oxygen atoms in total. The number of furan rings is 1. The number of aromatic nitrogens is 3. The molecule has 164 valence electrons. The van der Waals surface area contributed by atoms with E-state index in [1.165, 1.54) is 11.8 Å². The molecular formula is C22H27N5O3S. The van der Waals surface area contributed by atoms with Crippen LogP contribution in [0.15, 0.2) is 52.2 Å². The van der Waals surface area contributed by atoms with Gasteiger partial charge in [0.2, 0.25) is 11.8 Å². The van der Waals surface area contributed by atoms with Crippen LogP contribution < -0.4 is 11.1 Å². The summed E-state index contributed by atoms with van der Waals surface area (Å²) in [5.41, 5.74) is 7.19. The molecule has 0 saturated carbocycles. The Morgan fingerprint density at radius 2 is 1.94 bits per heavy atom. The summed E-state index contributed by atoms with van der Waals surface area (Å²) in [6.07, 6.45) is 2.13. The van der Waals surface area contributed by atoms with Crippen LogP contribution in [0.5, 0.6) is 0 Å². The minimum absolute atomic E-state index is 0.121. The molecule has 2 aromatic heterocycles. The maximum Gasteiger partial charge on any atom is 0.237 e. The van der Waals surface area contributed by atoms with Crippen LogP contribution in [0, 0.1) is 0 Å². The summed E-state index contributed by atoms with van der Waals surface area (Å²) < 4.78 is 7.31. The Kier molecular flexibility index (Phi) is 7.51. The van der Waals surface area contributed by atoms with E-state index < -0.39 is 11.2 Å². The number of anilines is 1. The molecule has 31 heavy (non-hydrogen) atoms. The van der Waals surface area contributed by atoms with Gasteiger partial charge in [0.1, 0.15) is 11.6 Å². The standard InChI is InChI=1S/C22H27N5O3S/c1-14(2)17-8-4-5-9-18(17)24-21(29)15(3)31-22-26-25-20(11-10-19(23)28)27(22)13-16-7-6-12-30-16/h4-9,12,14-15H,10-11,13H2,1-3H3,(H2,23,28)(H,24,29)/t15-/m1/s1. The normalized spacial score (nSPS) is 12.1. The van der Waals surface area contributed by atoms with Crippen molar-refractivity contribution in [3.05, 3.63) is 59.8 Å². The molecule has 3 aromatic rings. The van der Waals surface area contributed by atoms with Crippen LogP contribution in [0.2, 0.25) is 0 Å². The number of rotatable bonds is 10. The minimum Gasteiger partial charge on any atom is -0.467 e. The van der Waals surface area contributed by atoms with Crippen LogP contribution in [0.25, 0.3) is 0 Å². The molecule has 0 unspecified atom stereocenters. The predicted octanol–water partition coefficient (Wildman–Crippen LogP) is 3.58. The quantitative estimate of drug-likeness (QED) is 0.465. The first-order valence-corrected chi connectivity index (χ1v) is 11.0. The highest BCUT2D eigenvalue weighted by Gasteiger charge is 2.22. The van der Waals surface area contributed by atoms with E-state index in [1.807, 2.05) is 41.8 Å². The van der Waals surface area contributed by atoms with Gasteiger partial charge in [-0.3, -0.25) is 14.2 Å². The van der Waals surface area contributed by atoms with Crippen molar-refractivity contribution < 1.29 is 14.0 Å². The molecule has 0 bridgehead atoms. The fourth-order valence-corrected chi connectivity index (χ4v) is 3.97. The summed E-state index contributed by atoms with van der Waals surface area (Å²) in [6, 6.07) is 11.5. The number of primary amides is 1. The first-order chi connectivity index (χ1) is 14.8. The SMILES string of the molecule is CC(C)c1ccccc1NC(=O)[C@@H](C)Sc1nnc(CCC(N)=O)n1Cc1ccco1. The number of amides is 2. The van der Waals surface area contributed by atoms with E-state index in [0.717, 1.165) is 17.0 Å². The molecule has 1 aromatic carbocycles. The fraction of sp³-hybridized carbons (Fsp3) is 0.364. The lowest BCUT2D eigenvalue weighted by molar-refractivity contribution is -0.118. The van der Waals surface area contributed by atoms with Gasteiger partial charge in [-0.1, -0.05) is 43.8 Å². The number of nitrogens with one attached hydrogen (secondary N) is 1. The van der Waals surface area contributed by atoms with Gasteiger partial charge in [0.05, 0.1) is 18.1 Å². The molecule has 0 aliphatic rings. The number of nitrogens with zero attached hydrogens (tertiary/aromatic N) is 3. The smallest absolute Gasteiger partial charge is 0.237 e. The molecule has 0 fully saturated rings. The van der Waals surface area contributed by atoms with Gasteiger partial charge in [-0.05, 0) is 36.6 Å². The van der Waals surface area contributed by atoms with Crippen LogP contribution in [0.3, 0.4) is 0 Å². The average Bonchev–Trinajstić information content (AvgIpc) is 3.37. The van der Waals surface area contributed by atoms with Crippen LogP contribution in [-0.2, 0) is 22.6 Å². The van der Waals surface area contributed by atoms with Crippen LogP contribution in [-0.4, -0.2) is 31.8 Å². The Labute approximate surface area is 185 Å². The molecule has 0 aliphatic carbocycles. The molecule has 0 aliphatic heterocycles. The molecule has 3 rings (SSSR count). The molecule has 0 saturated heterocycles. The molecule has 9 heteroatoms. The van der Waals surface area contributed by atoms with Crippen molar-refractivity contribution >= 4 is 29.3 Å². The van der Waals surface area contributed by atoms with Crippen LogP contribution in [0.1, 0.15) is 50.3 Å². The molecular weight excluding hydrogens is 414 g/mol. The zero-order valence-electron chi connectivity index (χ0n) is 17.9. The lowest BCUT2D eigenvalue weighted by atomic mass is 10.0. The maximum atomic E-state index is 12.9. The average molecular weight is 442 g/mol. The zero-order chi connectivity index (χ0) is 22.4. The van der Waals surface area contributed by atoms with Gasteiger partial charge in [0.25, 0.3) is 0 Å². The summed E-state index contributed by atoms with van der Waals surface area (Å²) in [7, 11) is 0. The third-order valence-electron chi connectivity index (χ3n) is 4.77. The number of carbonyl (C=O) groups is 2. The Morgan fingerprint density at radius 3 is 2.61 bits per heavy atom. The van der Waals surface area contributed by atoms with E-state index >= 15 is 0 Å². The van der Waals surface area contributed by atoms with Crippen molar-refractivity contribution in [3.8, 4) is 0 Å². The van der Waals surface area contributed by atoms with E-state index in [-0.39, 0.29) is 12.3 Å². The van der Waals surface area contributed by atoms with Crippen molar-refractivity contribution in [2.45, 2.75) is 56.5 Å². The topological polar surface area (TPSA) is 116 Å². The van der Waals surface area contributed by atoms with E-state index in [0.29, 0.717) is 29.9 Å². The lowest BCUT2D eigenvalue weighted by Gasteiger charge is -2.16. The third-order valence-corrected chi connectivity index (χ3v) is 5.86. The lowest BCUT2D eigenvalue weighted by Crippen LogP contribution is -2.24. The molecule has 0 spiro atoms. The summed E-state index contributed by atoms with van der Waals surface area (Å²) in [5, 5.41) is 11.7. The van der Waals surface area contributed by atoms with Gasteiger partial charge < -0.3 is 15.5 Å². The van der Waals surface area contributed by atoms with Crippen LogP contribution >= 0.6 is 11.8 Å². The van der Waals surface area contributed by atoms with Gasteiger partial charge in [-0.2, -0.15) is 0 Å². The van der Waals surface area contributed by atoms with Crippen molar-refractivity contribution in [2.24, 2.45) is 5.73 Å². The van der Waals surface area contributed by atoms with Crippen molar-refractivity contribution in [1.29, 1.82) is 0 Å². The fourth-order valence-electron chi connectivity index (χ4n) is 3.10. The van der Waals surface area contributed by atoms with Crippen molar-refractivity contribution in [2.75, 3.05) is 5.32 Å². The second kappa shape index (κ2) is 10.3. The molecule has 3 N–H and O–H groups in total. The van der Waals surface area contributed by atoms with E-state index in [2.05, 4.69) is 29.4 Å². The highest BCUT2D eigenvalue weighted by atomic mass is 32.2. The number of para-hydroxylation sites is 1. The number of nitrogens with two attached hydrogens (primary N) is 1. The second-order valence-corrected chi connectivity index (χ2v) is 8.83. The van der Waals surface area contributed by atoms with Gasteiger partial charge in [-0.25, -0.2) is 0 Å². The number of benzene rings is 1. The number of hydrogen-bond donors (Lipinski definition) is 2. The number of hydrogen-bond acceptors (Lipinski definition) is 6. The van der Waals surface area contributed by atoms with Crippen LogP contribution in [0.4, 0.5) is 5.69 Å². The monoisotopic (exact) mass is 441 g/mol. The van der Waals surface area contributed by atoms with E-state index in [9.17, 15) is 9.59 Å². The number of carbonyl (C=O) groups excluding carboxylic acids is 2. The summed E-state index contributed by atoms with van der Waals surface area (Å²) in [5.74, 6) is 1.12. The highest BCUT2D eigenvalue weighted by molar-refractivity contribution is 8.00. The van der Waals surface area contributed by atoms with Gasteiger partial charge in [-0.15, -0.1) is 10.2 Å². The Hall–Kier alpha value is -3.07. The van der Waals surface area contributed by atoms with Gasteiger partial charge >= 0.3 is 0 Å². The highest BCUT2D eigenvalue weighted by Crippen LogP contribution is 2.27. The molecule has 0 radical (unpaired) electrons. The zero-order valence-corrected chi connectivity index (χ0v) is 18.7. The van der Waals surface area contributed by atoms with Crippen molar-refractivity contribution in [3.63, 3.8) is 0 Å². The molecule has 2 amide bonds. The van der Waals surface area contributed by atoms with E-state index in [4.69, 9.17) is 10.2 Å². The first-order valence-electron chi connectivity index (χ1n) is 10.1. The maximum absolute atomic E-state index is 12.9. The largest absolute Gasteiger partial charge is 0.467 e. The summed E-state index contributed by atoms with van der Waals surface area (Å²) >= 11 is 1.31. The molecule has 2 heterocycles. The first kappa shape index (κ1) is 22.6. The van der Waals surface area contributed by atoms with E-state index in [1.54, 1.807) is 12.3 Å². The minimum atomic E-state index is -0.413. The van der Waals surface area contributed by atoms with Gasteiger partial charge in [0, 0.05) is 18.5 Å². The Balaban J connectivity index is 1.76. The summed E-state index contributed by atoms with van der Waals surface area (Å²) in [4.78, 5) is 24.1. The Morgan fingerprint density at radius 1 is 1.16 bits per heavy atom.